The first-order valence-electron chi connectivity index (χ1n) is 5.89. The number of anilines is 2. The summed E-state index contributed by atoms with van der Waals surface area (Å²) in [5.41, 5.74) is 5.74. The standard InChI is InChI=1S/C14H11F3N2OS/c15-10-5-6-11(14(17)13(10)16)19-12(20)7-21-9-3-1-8(18)2-4-9/h1-6H,7,18H2,(H,19,20). The highest BCUT2D eigenvalue weighted by Crippen LogP contribution is 2.22. The lowest BCUT2D eigenvalue weighted by atomic mass is 10.3. The highest BCUT2D eigenvalue weighted by atomic mass is 32.2. The fourth-order valence-corrected chi connectivity index (χ4v) is 2.22. The van der Waals surface area contributed by atoms with E-state index >= 15 is 0 Å². The molecule has 0 spiro atoms. The van der Waals surface area contributed by atoms with Gasteiger partial charge in [-0.3, -0.25) is 4.79 Å². The molecule has 0 heterocycles. The summed E-state index contributed by atoms with van der Waals surface area (Å²) in [7, 11) is 0. The van der Waals surface area contributed by atoms with E-state index in [9.17, 15) is 18.0 Å². The van der Waals surface area contributed by atoms with Crippen molar-refractivity contribution in [1.82, 2.24) is 0 Å². The molecule has 2 rings (SSSR count). The van der Waals surface area contributed by atoms with Crippen molar-refractivity contribution in [3.05, 3.63) is 53.8 Å². The van der Waals surface area contributed by atoms with Gasteiger partial charge in [-0.05, 0) is 36.4 Å². The van der Waals surface area contributed by atoms with Crippen molar-refractivity contribution in [1.29, 1.82) is 0 Å². The Kier molecular flexibility index (Phi) is 4.74. The van der Waals surface area contributed by atoms with Gasteiger partial charge in [0, 0.05) is 10.6 Å². The van der Waals surface area contributed by atoms with Crippen LogP contribution in [0.4, 0.5) is 24.5 Å². The van der Waals surface area contributed by atoms with Crippen LogP contribution in [0.1, 0.15) is 0 Å². The molecule has 7 heteroatoms. The summed E-state index contributed by atoms with van der Waals surface area (Å²) in [6, 6.07) is 8.59. The third-order valence-electron chi connectivity index (χ3n) is 2.56. The molecule has 3 N–H and O–H groups in total. The summed E-state index contributed by atoms with van der Waals surface area (Å²) in [6.07, 6.45) is 0. The second-order valence-corrected chi connectivity index (χ2v) is 5.18. The average molecular weight is 312 g/mol. The van der Waals surface area contributed by atoms with Gasteiger partial charge in [0.25, 0.3) is 0 Å². The lowest BCUT2D eigenvalue weighted by Gasteiger charge is -2.07. The van der Waals surface area contributed by atoms with E-state index in [-0.39, 0.29) is 5.75 Å². The number of halogens is 3. The molecule has 1 amide bonds. The van der Waals surface area contributed by atoms with Crippen molar-refractivity contribution in [2.75, 3.05) is 16.8 Å². The average Bonchev–Trinajstić information content (AvgIpc) is 2.47. The largest absolute Gasteiger partial charge is 0.399 e. The molecule has 0 radical (unpaired) electrons. The molecule has 0 unspecified atom stereocenters. The normalized spacial score (nSPS) is 10.4. The van der Waals surface area contributed by atoms with Gasteiger partial charge in [-0.2, -0.15) is 0 Å². The number of nitrogens with two attached hydrogens (primary N) is 1. The third kappa shape index (κ3) is 3.91. The highest BCUT2D eigenvalue weighted by molar-refractivity contribution is 8.00. The summed E-state index contributed by atoms with van der Waals surface area (Å²) in [5, 5.41) is 2.19. The Bertz CT molecular complexity index is 662. The number of rotatable bonds is 4. The first-order valence-corrected chi connectivity index (χ1v) is 6.87. The van der Waals surface area contributed by atoms with Gasteiger partial charge >= 0.3 is 0 Å². The first kappa shape index (κ1) is 15.2. The van der Waals surface area contributed by atoms with E-state index in [4.69, 9.17) is 5.73 Å². The van der Waals surface area contributed by atoms with Gasteiger partial charge in [-0.25, -0.2) is 13.2 Å². The molecule has 0 saturated carbocycles. The van der Waals surface area contributed by atoms with E-state index in [0.29, 0.717) is 5.69 Å². The van der Waals surface area contributed by atoms with Crippen LogP contribution in [0.5, 0.6) is 0 Å². The van der Waals surface area contributed by atoms with Crippen LogP contribution in [0.2, 0.25) is 0 Å². The lowest BCUT2D eigenvalue weighted by Crippen LogP contribution is -2.15. The maximum atomic E-state index is 13.4. The Morgan fingerprint density at radius 2 is 1.71 bits per heavy atom. The molecule has 3 nitrogen and oxygen atoms in total. The zero-order valence-electron chi connectivity index (χ0n) is 10.7. The van der Waals surface area contributed by atoms with Crippen LogP contribution in [-0.2, 0) is 4.79 Å². The Morgan fingerprint density at radius 1 is 1.05 bits per heavy atom. The SMILES string of the molecule is Nc1ccc(SCC(=O)Nc2ccc(F)c(F)c2F)cc1. The summed E-state index contributed by atoms with van der Waals surface area (Å²) >= 11 is 1.21. The Morgan fingerprint density at radius 3 is 2.38 bits per heavy atom. The van der Waals surface area contributed by atoms with Gasteiger partial charge in [0.15, 0.2) is 17.5 Å². The highest BCUT2D eigenvalue weighted by Gasteiger charge is 2.15. The van der Waals surface area contributed by atoms with Crippen molar-refractivity contribution < 1.29 is 18.0 Å². The summed E-state index contributed by atoms with van der Waals surface area (Å²) < 4.78 is 39.1. The monoisotopic (exact) mass is 312 g/mol. The summed E-state index contributed by atoms with van der Waals surface area (Å²) in [6.45, 7) is 0. The van der Waals surface area contributed by atoms with Crippen molar-refractivity contribution in [2.45, 2.75) is 4.90 Å². The van der Waals surface area contributed by atoms with Crippen molar-refractivity contribution >= 4 is 29.0 Å². The molecule has 0 atom stereocenters. The molecule has 2 aromatic carbocycles. The molecule has 0 aliphatic rings. The van der Waals surface area contributed by atoms with Gasteiger partial charge in [0.1, 0.15) is 0 Å². The van der Waals surface area contributed by atoms with Gasteiger partial charge in [-0.1, -0.05) is 0 Å². The molecular formula is C14H11F3N2OS. The van der Waals surface area contributed by atoms with Gasteiger partial charge in [-0.15, -0.1) is 11.8 Å². The summed E-state index contributed by atoms with van der Waals surface area (Å²) in [4.78, 5) is 12.5. The van der Waals surface area contributed by atoms with E-state index in [0.717, 1.165) is 17.0 Å². The molecule has 2 aromatic rings. The Balaban J connectivity index is 1.96. The van der Waals surface area contributed by atoms with E-state index in [1.807, 2.05) is 0 Å². The first-order chi connectivity index (χ1) is 9.97. The number of benzene rings is 2. The summed E-state index contributed by atoms with van der Waals surface area (Å²) in [5.74, 6) is -4.86. The van der Waals surface area contributed by atoms with Crippen LogP contribution in [0.25, 0.3) is 0 Å². The molecule has 0 bridgehead atoms. The minimum absolute atomic E-state index is 0.00233. The van der Waals surface area contributed by atoms with Crippen molar-refractivity contribution in [2.24, 2.45) is 0 Å². The van der Waals surface area contributed by atoms with Crippen LogP contribution < -0.4 is 11.1 Å². The number of carbonyl (C=O) groups is 1. The minimum Gasteiger partial charge on any atom is -0.399 e. The molecule has 0 aromatic heterocycles. The number of hydrogen-bond acceptors (Lipinski definition) is 3. The van der Waals surface area contributed by atoms with Crippen LogP contribution in [0.3, 0.4) is 0 Å². The second kappa shape index (κ2) is 6.53. The van der Waals surface area contributed by atoms with E-state index in [2.05, 4.69) is 5.32 Å². The predicted molar refractivity (Wildman–Crippen MR) is 76.5 cm³/mol. The Hall–Kier alpha value is -2.15. The zero-order valence-corrected chi connectivity index (χ0v) is 11.5. The minimum atomic E-state index is -1.61. The van der Waals surface area contributed by atoms with Crippen LogP contribution >= 0.6 is 11.8 Å². The predicted octanol–water partition coefficient (Wildman–Crippen LogP) is 3.42. The van der Waals surface area contributed by atoms with E-state index in [1.54, 1.807) is 24.3 Å². The number of carbonyl (C=O) groups excluding carboxylic acids is 1. The molecule has 21 heavy (non-hydrogen) atoms. The molecule has 0 fully saturated rings. The van der Waals surface area contributed by atoms with Crippen LogP contribution in [-0.4, -0.2) is 11.7 Å². The number of amides is 1. The van der Waals surface area contributed by atoms with Crippen molar-refractivity contribution in [3.63, 3.8) is 0 Å². The third-order valence-corrected chi connectivity index (χ3v) is 3.57. The van der Waals surface area contributed by atoms with Crippen molar-refractivity contribution in [3.8, 4) is 0 Å². The van der Waals surface area contributed by atoms with E-state index < -0.39 is 29.0 Å². The number of hydrogen-bond donors (Lipinski definition) is 2. The number of nitrogens with one attached hydrogen (secondary N) is 1. The number of thioether (sulfide) groups is 1. The van der Waals surface area contributed by atoms with Gasteiger partial charge < -0.3 is 11.1 Å². The molecule has 0 saturated heterocycles. The number of nitrogen functional groups attached to an aromatic ring is 1. The quantitative estimate of drug-likeness (QED) is 0.517. The molecular weight excluding hydrogens is 301 g/mol. The van der Waals surface area contributed by atoms with Gasteiger partial charge in [0.05, 0.1) is 11.4 Å². The lowest BCUT2D eigenvalue weighted by molar-refractivity contribution is -0.113. The van der Waals surface area contributed by atoms with E-state index in [1.165, 1.54) is 11.8 Å². The smallest absolute Gasteiger partial charge is 0.234 e. The molecule has 0 aliphatic heterocycles. The topological polar surface area (TPSA) is 55.1 Å². The van der Waals surface area contributed by atoms with Crippen LogP contribution in [0, 0.1) is 17.5 Å². The fourth-order valence-electron chi connectivity index (χ4n) is 1.52. The molecule has 0 aliphatic carbocycles. The maximum Gasteiger partial charge on any atom is 0.234 e. The zero-order chi connectivity index (χ0) is 15.4. The molecule has 110 valence electrons. The second-order valence-electron chi connectivity index (χ2n) is 4.13. The van der Waals surface area contributed by atoms with Crippen LogP contribution in [0.15, 0.2) is 41.3 Å². The maximum absolute atomic E-state index is 13.4. The Labute approximate surface area is 123 Å². The van der Waals surface area contributed by atoms with Gasteiger partial charge in [0.2, 0.25) is 5.91 Å². The fraction of sp³-hybridized carbons (Fsp3) is 0.0714.